The van der Waals surface area contributed by atoms with E-state index in [4.69, 9.17) is 5.73 Å². The summed E-state index contributed by atoms with van der Waals surface area (Å²) >= 11 is 0. The molecular formula is C13H16N8. The Hall–Kier alpha value is -2.61. The minimum atomic E-state index is -0.0936. The minimum Gasteiger partial charge on any atom is -0.323 e. The highest BCUT2D eigenvalue weighted by Crippen LogP contribution is 2.11. The molecule has 0 saturated carbocycles. The van der Waals surface area contributed by atoms with Crippen LogP contribution in [0.25, 0.3) is 5.69 Å². The van der Waals surface area contributed by atoms with Crippen LogP contribution in [0.15, 0.2) is 36.5 Å². The number of benzene rings is 1. The summed E-state index contributed by atoms with van der Waals surface area (Å²) in [5, 5.41) is 19.9. The summed E-state index contributed by atoms with van der Waals surface area (Å²) in [5.74, 6) is 0.683. The van der Waals surface area contributed by atoms with Crippen molar-refractivity contribution in [1.29, 1.82) is 0 Å². The van der Waals surface area contributed by atoms with Crippen LogP contribution in [-0.2, 0) is 6.54 Å². The molecular weight excluding hydrogens is 268 g/mol. The van der Waals surface area contributed by atoms with Crippen molar-refractivity contribution in [2.24, 2.45) is 5.73 Å². The number of hydrogen-bond donors (Lipinski definition) is 1. The second kappa shape index (κ2) is 5.80. The normalized spacial score (nSPS) is 12.5. The van der Waals surface area contributed by atoms with Gasteiger partial charge in [0.25, 0.3) is 0 Å². The molecule has 1 aromatic carbocycles. The van der Waals surface area contributed by atoms with Crippen LogP contribution in [0.4, 0.5) is 0 Å². The number of hydrogen-bond acceptors (Lipinski definition) is 6. The van der Waals surface area contributed by atoms with Crippen molar-refractivity contribution in [2.75, 3.05) is 0 Å². The van der Waals surface area contributed by atoms with Crippen molar-refractivity contribution in [3.63, 3.8) is 0 Å². The second-order valence-corrected chi connectivity index (χ2v) is 4.70. The lowest BCUT2D eigenvalue weighted by molar-refractivity contribution is 0.608. The smallest absolute Gasteiger partial charge is 0.178 e. The zero-order valence-corrected chi connectivity index (χ0v) is 11.7. The third-order valence-corrected chi connectivity index (χ3v) is 3.21. The summed E-state index contributed by atoms with van der Waals surface area (Å²) in [7, 11) is 0. The van der Waals surface area contributed by atoms with E-state index in [-0.39, 0.29) is 6.04 Å². The van der Waals surface area contributed by atoms with Gasteiger partial charge in [-0.05, 0) is 29.0 Å². The molecule has 0 saturated heterocycles. The molecule has 0 amide bonds. The van der Waals surface area contributed by atoms with Gasteiger partial charge in [-0.25, -0.2) is 4.68 Å². The van der Waals surface area contributed by atoms with Crippen LogP contribution < -0.4 is 5.73 Å². The molecule has 108 valence electrons. The summed E-state index contributed by atoms with van der Waals surface area (Å²) in [5.41, 5.74) is 7.62. The Morgan fingerprint density at radius 1 is 1.14 bits per heavy atom. The zero-order chi connectivity index (χ0) is 14.7. The molecule has 0 aliphatic rings. The van der Waals surface area contributed by atoms with Crippen LogP contribution in [0.5, 0.6) is 0 Å². The average Bonchev–Trinajstić information content (AvgIpc) is 3.17. The van der Waals surface area contributed by atoms with E-state index < -0.39 is 0 Å². The summed E-state index contributed by atoms with van der Waals surface area (Å²) in [6.07, 6.45) is 2.65. The van der Waals surface area contributed by atoms with E-state index in [1.54, 1.807) is 9.36 Å². The molecule has 2 aromatic heterocycles. The van der Waals surface area contributed by atoms with Gasteiger partial charge < -0.3 is 5.73 Å². The van der Waals surface area contributed by atoms with Crippen LogP contribution in [0.2, 0.25) is 0 Å². The van der Waals surface area contributed by atoms with Crippen LogP contribution in [-0.4, -0.2) is 35.2 Å². The molecule has 21 heavy (non-hydrogen) atoms. The SMILES string of the molecule is CCC(N)c1cn(Cc2nnnn2-c2ccccc2)nn1. The Balaban J connectivity index is 1.83. The van der Waals surface area contributed by atoms with Gasteiger partial charge in [-0.1, -0.05) is 30.3 Å². The maximum atomic E-state index is 5.94. The van der Waals surface area contributed by atoms with Gasteiger partial charge in [-0.15, -0.1) is 10.2 Å². The highest BCUT2D eigenvalue weighted by Gasteiger charge is 2.12. The molecule has 8 nitrogen and oxygen atoms in total. The molecule has 0 bridgehead atoms. The zero-order valence-electron chi connectivity index (χ0n) is 11.7. The molecule has 0 spiro atoms. The molecule has 2 heterocycles. The number of para-hydroxylation sites is 1. The molecule has 1 unspecified atom stereocenters. The molecule has 3 rings (SSSR count). The summed E-state index contributed by atoms with van der Waals surface area (Å²) in [6, 6.07) is 9.62. The predicted molar refractivity (Wildman–Crippen MR) is 75.5 cm³/mol. The maximum Gasteiger partial charge on any atom is 0.178 e. The first-order chi connectivity index (χ1) is 10.3. The molecule has 2 N–H and O–H groups in total. The average molecular weight is 284 g/mol. The van der Waals surface area contributed by atoms with Crippen molar-refractivity contribution in [1.82, 2.24) is 35.2 Å². The Bertz CT molecular complexity index is 702. The number of rotatable bonds is 5. The number of nitrogens with zero attached hydrogens (tertiary/aromatic N) is 7. The lowest BCUT2D eigenvalue weighted by Gasteiger charge is -2.04. The molecule has 0 fully saturated rings. The molecule has 0 radical (unpaired) electrons. The largest absolute Gasteiger partial charge is 0.323 e. The first-order valence-corrected chi connectivity index (χ1v) is 6.76. The van der Waals surface area contributed by atoms with Crippen LogP contribution in [0.1, 0.15) is 30.9 Å². The van der Waals surface area contributed by atoms with Gasteiger partial charge >= 0.3 is 0 Å². The van der Waals surface area contributed by atoms with Gasteiger partial charge in [-0.2, -0.15) is 4.68 Å². The number of tetrazole rings is 1. The highest BCUT2D eigenvalue weighted by molar-refractivity contribution is 5.30. The van der Waals surface area contributed by atoms with Crippen molar-refractivity contribution in [3.8, 4) is 5.69 Å². The third kappa shape index (κ3) is 2.79. The van der Waals surface area contributed by atoms with Gasteiger partial charge in [0.2, 0.25) is 0 Å². The fraction of sp³-hybridized carbons (Fsp3) is 0.308. The van der Waals surface area contributed by atoms with Gasteiger partial charge in [0.15, 0.2) is 5.82 Å². The Kier molecular flexibility index (Phi) is 3.69. The maximum absolute atomic E-state index is 5.94. The first kappa shape index (κ1) is 13.4. The van der Waals surface area contributed by atoms with Crippen molar-refractivity contribution < 1.29 is 0 Å². The van der Waals surface area contributed by atoms with Crippen LogP contribution in [0, 0.1) is 0 Å². The van der Waals surface area contributed by atoms with Gasteiger partial charge in [0, 0.05) is 0 Å². The predicted octanol–water partition coefficient (Wildman–Crippen LogP) is 0.712. The molecule has 0 aliphatic carbocycles. The summed E-state index contributed by atoms with van der Waals surface area (Å²) < 4.78 is 3.37. The van der Waals surface area contributed by atoms with Crippen molar-refractivity contribution in [2.45, 2.75) is 25.9 Å². The van der Waals surface area contributed by atoms with E-state index in [9.17, 15) is 0 Å². The second-order valence-electron chi connectivity index (χ2n) is 4.70. The topological polar surface area (TPSA) is 100 Å². The van der Waals surface area contributed by atoms with Crippen LogP contribution >= 0.6 is 0 Å². The fourth-order valence-electron chi connectivity index (χ4n) is 1.99. The Morgan fingerprint density at radius 3 is 2.71 bits per heavy atom. The molecule has 0 aliphatic heterocycles. The van der Waals surface area contributed by atoms with E-state index >= 15 is 0 Å². The monoisotopic (exact) mass is 284 g/mol. The van der Waals surface area contributed by atoms with Crippen molar-refractivity contribution >= 4 is 0 Å². The summed E-state index contributed by atoms with van der Waals surface area (Å²) in [4.78, 5) is 0. The van der Waals surface area contributed by atoms with Crippen molar-refractivity contribution in [3.05, 3.63) is 48.0 Å². The number of aromatic nitrogens is 7. The lowest BCUT2D eigenvalue weighted by Crippen LogP contribution is -2.10. The van der Waals surface area contributed by atoms with E-state index in [2.05, 4.69) is 25.8 Å². The van der Waals surface area contributed by atoms with E-state index in [1.807, 2.05) is 43.5 Å². The minimum absolute atomic E-state index is 0.0936. The van der Waals surface area contributed by atoms with Crippen LogP contribution in [0.3, 0.4) is 0 Å². The first-order valence-electron chi connectivity index (χ1n) is 6.76. The van der Waals surface area contributed by atoms with Gasteiger partial charge in [-0.3, -0.25) is 0 Å². The van der Waals surface area contributed by atoms with E-state index in [0.717, 1.165) is 17.8 Å². The standard InChI is InChI=1S/C13H16N8/c1-2-11(14)12-8-20(18-15-12)9-13-16-17-19-21(13)10-6-4-3-5-7-10/h3-8,11H,2,9,14H2,1H3. The molecule has 8 heteroatoms. The summed E-state index contributed by atoms with van der Waals surface area (Å²) in [6.45, 7) is 2.45. The van der Waals surface area contributed by atoms with Gasteiger partial charge in [0.1, 0.15) is 6.54 Å². The quantitative estimate of drug-likeness (QED) is 0.740. The van der Waals surface area contributed by atoms with Gasteiger partial charge in [0.05, 0.1) is 23.6 Å². The lowest BCUT2D eigenvalue weighted by atomic mass is 10.2. The number of nitrogens with two attached hydrogens (primary N) is 1. The Morgan fingerprint density at radius 2 is 1.95 bits per heavy atom. The Labute approximate surface area is 121 Å². The fourth-order valence-corrected chi connectivity index (χ4v) is 1.99. The van der Waals surface area contributed by atoms with E-state index in [1.165, 1.54) is 0 Å². The molecule has 1 atom stereocenters. The molecule has 3 aromatic rings. The highest BCUT2D eigenvalue weighted by atomic mass is 15.6. The van der Waals surface area contributed by atoms with E-state index in [0.29, 0.717) is 12.4 Å². The third-order valence-electron chi connectivity index (χ3n) is 3.21.